The summed E-state index contributed by atoms with van der Waals surface area (Å²) < 4.78 is 5.08. The van der Waals surface area contributed by atoms with Crippen LogP contribution in [-0.2, 0) is 0 Å². The average molecular weight is 359 g/mol. The van der Waals surface area contributed by atoms with Crippen LogP contribution in [0.5, 0.6) is 5.75 Å². The van der Waals surface area contributed by atoms with Gasteiger partial charge in [0.1, 0.15) is 5.75 Å². The maximum absolute atomic E-state index is 12.3. The van der Waals surface area contributed by atoms with Crippen LogP contribution in [0, 0.1) is 16.0 Å². The van der Waals surface area contributed by atoms with Crippen molar-refractivity contribution in [1.29, 1.82) is 0 Å². The molecule has 1 aromatic carbocycles. The summed E-state index contributed by atoms with van der Waals surface area (Å²) in [4.78, 5) is 22.5. The zero-order chi connectivity index (χ0) is 16.0. The van der Waals surface area contributed by atoms with Crippen molar-refractivity contribution >= 4 is 27.5 Å². The molecule has 0 heterocycles. The summed E-state index contributed by atoms with van der Waals surface area (Å²) in [5.74, 6) is 0.345. The van der Waals surface area contributed by atoms with Gasteiger partial charge in [0.05, 0.1) is 23.7 Å². The van der Waals surface area contributed by atoms with E-state index in [0.29, 0.717) is 11.2 Å². The number of halogens is 1. The first kappa shape index (κ1) is 17.4. The second-order valence-corrected chi connectivity index (χ2v) is 5.74. The van der Waals surface area contributed by atoms with Gasteiger partial charge in [0.15, 0.2) is 0 Å². The first-order valence-corrected chi connectivity index (χ1v) is 7.70. The molecule has 0 saturated carbocycles. The van der Waals surface area contributed by atoms with Gasteiger partial charge >= 0.3 is 0 Å². The minimum Gasteiger partial charge on any atom is -0.496 e. The van der Waals surface area contributed by atoms with Gasteiger partial charge in [-0.1, -0.05) is 29.8 Å². The molecule has 0 aliphatic heterocycles. The van der Waals surface area contributed by atoms with E-state index in [4.69, 9.17) is 4.74 Å². The highest BCUT2D eigenvalue weighted by Gasteiger charge is 2.19. The number of methoxy groups -OCH3 is 1. The van der Waals surface area contributed by atoms with Crippen LogP contribution in [0.25, 0.3) is 0 Å². The molecule has 0 spiro atoms. The zero-order valence-corrected chi connectivity index (χ0v) is 13.8. The molecule has 1 unspecified atom stereocenters. The molecule has 0 aliphatic carbocycles. The lowest BCUT2D eigenvalue weighted by Crippen LogP contribution is -2.37. The largest absolute Gasteiger partial charge is 0.496 e. The fraction of sp³-hybridized carbons (Fsp3) is 0.500. The molecule has 0 aliphatic rings. The molecule has 6 nitrogen and oxygen atoms in total. The summed E-state index contributed by atoms with van der Waals surface area (Å²) in [6.07, 6.45) is 0.840. The summed E-state index contributed by atoms with van der Waals surface area (Å²) in [5, 5.41) is 14.3. The predicted octanol–water partition coefficient (Wildman–Crippen LogP) is 3.14. The topological polar surface area (TPSA) is 81.5 Å². The number of nitro groups is 1. The van der Waals surface area contributed by atoms with Gasteiger partial charge in [-0.15, -0.1) is 0 Å². The van der Waals surface area contributed by atoms with Gasteiger partial charge in [0, 0.05) is 17.4 Å². The van der Waals surface area contributed by atoms with Crippen LogP contribution in [0.1, 0.15) is 30.6 Å². The molecule has 1 N–H and O–H groups in total. The highest BCUT2D eigenvalue weighted by Crippen LogP contribution is 2.24. The Balaban J connectivity index is 2.93. The maximum Gasteiger partial charge on any atom is 0.273 e. The van der Waals surface area contributed by atoms with Gasteiger partial charge in [0.25, 0.3) is 11.6 Å². The summed E-state index contributed by atoms with van der Waals surface area (Å²) in [6.45, 7) is 4.16. The number of benzene rings is 1. The Hall–Kier alpha value is -1.63. The first-order chi connectivity index (χ1) is 9.88. The standard InChI is InChI=1S/C14H19BrN2O4/c1-9(2)6-10(8-15)16-14(18)12-5-4-11(17(19)20)7-13(12)21-3/h4-5,7,9-10H,6,8H2,1-3H3,(H,16,18). The molecule has 0 bridgehead atoms. The fourth-order valence-electron chi connectivity index (χ4n) is 1.97. The van der Waals surface area contributed by atoms with E-state index in [2.05, 4.69) is 35.1 Å². The molecular formula is C14H19BrN2O4. The Bertz CT molecular complexity index is 520. The highest BCUT2D eigenvalue weighted by molar-refractivity contribution is 9.09. The number of nitrogens with zero attached hydrogens (tertiary/aromatic N) is 1. The van der Waals surface area contributed by atoms with Crippen LogP contribution in [0.2, 0.25) is 0 Å². The number of nitro benzene ring substituents is 1. The van der Waals surface area contributed by atoms with Gasteiger partial charge in [-0.2, -0.15) is 0 Å². The van der Waals surface area contributed by atoms with Gasteiger partial charge in [-0.05, 0) is 18.4 Å². The number of carbonyl (C=O) groups excluding carboxylic acids is 1. The molecule has 0 aromatic heterocycles. The molecule has 21 heavy (non-hydrogen) atoms. The lowest BCUT2D eigenvalue weighted by atomic mass is 10.0. The highest BCUT2D eigenvalue weighted by atomic mass is 79.9. The lowest BCUT2D eigenvalue weighted by Gasteiger charge is -2.19. The van der Waals surface area contributed by atoms with Gasteiger partial charge in [0.2, 0.25) is 0 Å². The van der Waals surface area contributed by atoms with E-state index in [9.17, 15) is 14.9 Å². The number of carbonyl (C=O) groups is 1. The lowest BCUT2D eigenvalue weighted by molar-refractivity contribution is -0.384. The van der Waals surface area contributed by atoms with Crippen molar-refractivity contribution in [1.82, 2.24) is 5.32 Å². The molecule has 0 radical (unpaired) electrons. The van der Waals surface area contributed by atoms with E-state index in [0.717, 1.165) is 6.42 Å². The Morgan fingerprint density at radius 3 is 2.62 bits per heavy atom. The van der Waals surface area contributed by atoms with Crippen LogP contribution in [0.4, 0.5) is 5.69 Å². The van der Waals surface area contributed by atoms with Crippen molar-refractivity contribution in [3.05, 3.63) is 33.9 Å². The van der Waals surface area contributed by atoms with E-state index in [1.807, 2.05) is 0 Å². The molecule has 1 aromatic rings. The Morgan fingerprint density at radius 1 is 1.48 bits per heavy atom. The van der Waals surface area contributed by atoms with Gasteiger partial charge in [-0.3, -0.25) is 14.9 Å². The van der Waals surface area contributed by atoms with E-state index < -0.39 is 4.92 Å². The number of hydrogen-bond acceptors (Lipinski definition) is 4. The summed E-state index contributed by atoms with van der Waals surface area (Å²) >= 11 is 3.38. The van der Waals surface area contributed by atoms with Crippen molar-refractivity contribution in [2.24, 2.45) is 5.92 Å². The molecule has 0 fully saturated rings. The number of non-ortho nitro benzene ring substituents is 1. The number of hydrogen-bond donors (Lipinski definition) is 1. The third-order valence-electron chi connectivity index (χ3n) is 2.92. The van der Waals surface area contributed by atoms with Crippen LogP contribution >= 0.6 is 15.9 Å². The maximum atomic E-state index is 12.3. The van der Waals surface area contributed by atoms with Crippen LogP contribution < -0.4 is 10.1 Å². The summed E-state index contributed by atoms with van der Waals surface area (Å²) in [7, 11) is 1.38. The molecule has 7 heteroatoms. The minimum absolute atomic E-state index is 0.00241. The van der Waals surface area contributed by atoms with E-state index in [1.54, 1.807) is 0 Å². The smallest absolute Gasteiger partial charge is 0.273 e. The van der Waals surface area contributed by atoms with Crippen molar-refractivity contribution in [3.8, 4) is 5.75 Å². The Kier molecular flexibility index (Phi) is 6.61. The third-order valence-corrected chi connectivity index (χ3v) is 3.70. The van der Waals surface area contributed by atoms with Crippen molar-refractivity contribution in [3.63, 3.8) is 0 Å². The van der Waals surface area contributed by atoms with Crippen LogP contribution in [0.3, 0.4) is 0 Å². The predicted molar refractivity (Wildman–Crippen MR) is 84.2 cm³/mol. The van der Waals surface area contributed by atoms with E-state index >= 15 is 0 Å². The average Bonchev–Trinajstić information content (AvgIpc) is 2.44. The zero-order valence-electron chi connectivity index (χ0n) is 12.3. The molecule has 1 amide bonds. The van der Waals surface area contributed by atoms with Gasteiger partial charge in [-0.25, -0.2) is 0 Å². The Morgan fingerprint density at radius 2 is 2.14 bits per heavy atom. The SMILES string of the molecule is COc1cc([N+](=O)[O-])ccc1C(=O)NC(CBr)CC(C)C. The Labute approximate surface area is 132 Å². The van der Waals surface area contributed by atoms with E-state index in [1.165, 1.54) is 25.3 Å². The van der Waals surface area contributed by atoms with Crippen molar-refractivity contribution in [2.45, 2.75) is 26.3 Å². The van der Waals surface area contributed by atoms with Crippen LogP contribution in [0.15, 0.2) is 18.2 Å². The molecule has 0 saturated heterocycles. The van der Waals surface area contributed by atoms with Crippen molar-refractivity contribution < 1.29 is 14.5 Å². The molecule has 1 atom stereocenters. The fourth-order valence-corrected chi connectivity index (χ4v) is 2.40. The first-order valence-electron chi connectivity index (χ1n) is 6.58. The second-order valence-electron chi connectivity index (χ2n) is 5.10. The summed E-state index contributed by atoms with van der Waals surface area (Å²) in [6, 6.07) is 3.95. The van der Waals surface area contributed by atoms with Crippen molar-refractivity contribution in [2.75, 3.05) is 12.4 Å². The van der Waals surface area contributed by atoms with E-state index in [-0.39, 0.29) is 28.9 Å². The molecular weight excluding hydrogens is 340 g/mol. The summed E-state index contributed by atoms with van der Waals surface area (Å²) in [5.41, 5.74) is 0.181. The van der Waals surface area contributed by atoms with Gasteiger partial charge < -0.3 is 10.1 Å². The number of alkyl halides is 1. The van der Waals surface area contributed by atoms with Crippen LogP contribution in [-0.4, -0.2) is 29.3 Å². The minimum atomic E-state index is -0.524. The number of amides is 1. The third kappa shape index (κ3) is 5.00. The quantitative estimate of drug-likeness (QED) is 0.461. The normalized spacial score (nSPS) is 12.0. The number of rotatable bonds is 7. The molecule has 116 valence electrons. The number of ether oxygens (including phenoxy) is 1. The molecule has 1 rings (SSSR count). The second kappa shape index (κ2) is 7.97. The monoisotopic (exact) mass is 358 g/mol. The number of nitrogens with one attached hydrogen (secondary N) is 1.